The minimum Gasteiger partial charge on any atom is -0.321 e. The van der Waals surface area contributed by atoms with Gasteiger partial charge in [0.05, 0.1) is 6.33 Å². The first-order valence-electron chi connectivity index (χ1n) is 6.26. The first-order chi connectivity index (χ1) is 9.08. The Balaban J connectivity index is 2.06. The average molecular weight is 282 g/mol. The predicted molar refractivity (Wildman–Crippen MR) is 76.6 cm³/mol. The summed E-state index contributed by atoms with van der Waals surface area (Å²) >= 11 is 1.86. The Hall–Kier alpha value is -1.50. The number of anilines is 1. The number of hydrogen-bond donors (Lipinski definition) is 1. The molecule has 104 valence electrons. The number of amides is 2. The van der Waals surface area contributed by atoms with Crippen molar-refractivity contribution >= 4 is 23.6 Å². The predicted octanol–water partition coefficient (Wildman–Crippen LogP) is 1.14. The molecule has 1 fully saturated rings. The highest BCUT2D eigenvalue weighted by atomic mass is 32.2. The molecule has 2 amide bonds. The number of carbonyl (C=O) groups is 1. The lowest BCUT2D eigenvalue weighted by Crippen LogP contribution is -2.42. The van der Waals surface area contributed by atoms with Crippen LogP contribution in [0.3, 0.4) is 0 Å². The zero-order valence-corrected chi connectivity index (χ0v) is 11.9. The van der Waals surface area contributed by atoms with Gasteiger partial charge in [-0.25, -0.2) is 9.78 Å². The summed E-state index contributed by atoms with van der Waals surface area (Å²) in [7, 11) is 1.62. The minimum atomic E-state index is -0.190. The molecule has 2 rings (SSSR count). The number of urea groups is 1. The van der Waals surface area contributed by atoms with Crippen molar-refractivity contribution in [1.82, 2.24) is 14.5 Å². The molecule has 1 N–H and O–H groups in total. The summed E-state index contributed by atoms with van der Waals surface area (Å²) < 4.78 is 1.36. The Labute approximate surface area is 116 Å². The van der Waals surface area contributed by atoms with E-state index in [0.717, 1.165) is 24.5 Å². The lowest BCUT2D eigenvalue weighted by atomic mass is 10.2. The summed E-state index contributed by atoms with van der Waals surface area (Å²) in [5, 5.41) is 2.69. The van der Waals surface area contributed by atoms with Crippen molar-refractivity contribution in [2.45, 2.75) is 19.4 Å². The Morgan fingerprint density at radius 2 is 2.32 bits per heavy atom. The van der Waals surface area contributed by atoms with Crippen LogP contribution < -0.4 is 10.9 Å². The third kappa shape index (κ3) is 3.50. The number of hydrogen-bond acceptors (Lipinski definition) is 4. The van der Waals surface area contributed by atoms with E-state index in [4.69, 9.17) is 0 Å². The molecular formula is C12H18N4O2S. The number of carbonyl (C=O) groups excluding carboxylic acids is 1. The fourth-order valence-corrected chi connectivity index (χ4v) is 2.95. The molecule has 1 aromatic heterocycles. The first-order valence-corrected chi connectivity index (χ1v) is 7.41. The van der Waals surface area contributed by atoms with Crippen LogP contribution in [-0.4, -0.2) is 44.6 Å². The number of nitrogens with zero attached hydrogens (tertiary/aromatic N) is 3. The number of nitrogens with one attached hydrogen (secondary N) is 1. The van der Waals surface area contributed by atoms with Gasteiger partial charge < -0.3 is 9.47 Å². The molecule has 0 spiro atoms. The van der Waals surface area contributed by atoms with Crippen LogP contribution in [-0.2, 0) is 7.05 Å². The van der Waals surface area contributed by atoms with E-state index >= 15 is 0 Å². The Morgan fingerprint density at radius 3 is 3.05 bits per heavy atom. The minimum absolute atomic E-state index is 0.184. The highest BCUT2D eigenvalue weighted by molar-refractivity contribution is 7.99. The summed E-state index contributed by atoms with van der Waals surface area (Å²) in [6, 6.07) is 1.35. The third-order valence-corrected chi connectivity index (χ3v) is 4.16. The van der Waals surface area contributed by atoms with E-state index in [1.807, 2.05) is 18.7 Å². The van der Waals surface area contributed by atoms with Crippen LogP contribution >= 0.6 is 11.8 Å². The van der Waals surface area contributed by atoms with Gasteiger partial charge in [-0.3, -0.25) is 10.1 Å². The normalized spacial score (nSPS) is 19.9. The number of aromatic nitrogens is 2. The Bertz CT molecular complexity index is 517. The largest absolute Gasteiger partial charge is 0.323 e. The maximum Gasteiger partial charge on any atom is 0.323 e. The molecule has 0 aromatic carbocycles. The molecule has 7 heteroatoms. The average Bonchev–Trinajstić information content (AvgIpc) is 2.58. The van der Waals surface area contributed by atoms with E-state index in [9.17, 15) is 9.59 Å². The fourth-order valence-electron chi connectivity index (χ4n) is 1.91. The second kappa shape index (κ2) is 6.10. The highest BCUT2D eigenvalue weighted by Gasteiger charge is 2.22. The molecular weight excluding hydrogens is 264 g/mol. The van der Waals surface area contributed by atoms with Crippen LogP contribution in [0.5, 0.6) is 0 Å². The quantitative estimate of drug-likeness (QED) is 0.839. The zero-order chi connectivity index (χ0) is 13.8. The van der Waals surface area contributed by atoms with Gasteiger partial charge in [0.2, 0.25) is 0 Å². The molecule has 0 saturated carbocycles. The van der Waals surface area contributed by atoms with E-state index in [1.165, 1.54) is 17.0 Å². The van der Waals surface area contributed by atoms with Gasteiger partial charge in [-0.15, -0.1) is 0 Å². The molecule has 1 aliphatic heterocycles. The van der Waals surface area contributed by atoms with E-state index in [1.54, 1.807) is 11.9 Å². The van der Waals surface area contributed by atoms with E-state index in [-0.39, 0.29) is 17.6 Å². The van der Waals surface area contributed by atoms with Crippen molar-refractivity contribution in [3.8, 4) is 0 Å². The lowest BCUT2D eigenvalue weighted by Gasteiger charge is -2.26. The maximum atomic E-state index is 12.2. The molecule has 0 bridgehead atoms. The summed E-state index contributed by atoms with van der Waals surface area (Å²) in [6.07, 6.45) is 2.39. The standard InChI is InChI=1S/C12H18N4O2S/c1-9-3-5-19-6-4-16(9)12(18)14-10-7-11(17)15(2)8-13-10/h7-9H,3-6H2,1-2H3,(H,14,18). The SMILES string of the molecule is CC1CCSCCN1C(=O)Nc1cc(=O)n(C)cn1. The molecule has 1 aromatic rings. The number of rotatable bonds is 1. The summed E-state index contributed by atoms with van der Waals surface area (Å²) in [4.78, 5) is 29.5. The second-order valence-electron chi connectivity index (χ2n) is 4.60. The Morgan fingerprint density at radius 1 is 1.53 bits per heavy atom. The topological polar surface area (TPSA) is 67.2 Å². The van der Waals surface area contributed by atoms with Gasteiger partial charge in [0.15, 0.2) is 0 Å². The smallest absolute Gasteiger partial charge is 0.321 e. The summed E-state index contributed by atoms with van der Waals surface area (Å²) in [5.74, 6) is 2.33. The molecule has 6 nitrogen and oxygen atoms in total. The first kappa shape index (κ1) is 13.9. The summed E-state index contributed by atoms with van der Waals surface area (Å²) in [6.45, 7) is 2.77. The van der Waals surface area contributed by atoms with Crippen LogP contribution in [0.15, 0.2) is 17.2 Å². The zero-order valence-electron chi connectivity index (χ0n) is 11.1. The van der Waals surface area contributed by atoms with Crippen molar-refractivity contribution in [3.05, 3.63) is 22.7 Å². The van der Waals surface area contributed by atoms with Crippen LogP contribution in [0.25, 0.3) is 0 Å². The van der Waals surface area contributed by atoms with Crippen LogP contribution in [0.2, 0.25) is 0 Å². The second-order valence-corrected chi connectivity index (χ2v) is 5.82. The van der Waals surface area contributed by atoms with Gasteiger partial charge in [-0.1, -0.05) is 0 Å². The molecule has 0 radical (unpaired) electrons. The number of thioether (sulfide) groups is 1. The molecule has 1 saturated heterocycles. The molecule has 19 heavy (non-hydrogen) atoms. The maximum absolute atomic E-state index is 12.2. The molecule has 1 atom stereocenters. The summed E-state index contributed by atoms with van der Waals surface area (Å²) in [5.41, 5.74) is -0.190. The van der Waals surface area contributed by atoms with E-state index in [0.29, 0.717) is 5.82 Å². The van der Waals surface area contributed by atoms with Gasteiger partial charge in [0.1, 0.15) is 5.82 Å². The number of aryl methyl sites for hydroxylation is 1. The molecule has 0 aliphatic carbocycles. The molecule has 1 aliphatic rings. The van der Waals surface area contributed by atoms with Gasteiger partial charge in [-0.2, -0.15) is 11.8 Å². The van der Waals surface area contributed by atoms with Gasteiger partial charge >= 0.3 is 6.03 Å². The van der Waals surface area contributed by atoms with Crippen LogP contribution in [0.4, 0.5) is 10.6 Å². The van der Waals surface area contributed by atoms with Crippen molar-refractivity contribution in [3.63, 3.8) is 0 Å². The van der Waals surface area contributed by atoms with Crippen LogP contribution in [0, 0.1) is 0 Å². The lowest BCUT2D eigenvalue weighted by molar-refractivity contribution is 0.197. The Kier molecular flexibility index (Phi) is 4.47. The van der Waals surface area contributed by atoms with E-state index < -0.39 is 0 Å². The van der Waals surface area contributed by atoms with Crippen molar-refractivity contribution in [1.29, 1.82) is 0 Å². The van der Waals surface area contributed by atoms with Crippen molar-refractivity contribution < 1.29 is 4.79 Å². The van der Waals surface area contributed by atoms with Gasteiger partial charge in [0.25, 0.3) is 5.56 Å². The van der Waals surface area contributed by atoms with E-state index in [2.05, 4.69) is 10.3 Å². The highest BCUT2D eigenvalue weighted by Crippen LogP contribution is 2.16. The third-order valence-electron chi connectivity index (χ3n) is 3.16. The van der Waals surface area contributed by atoms with Gasteiger partial charge in [-0.05, 0) is 19.1 Å². The monoisotopic (exact) mass is 282 g/mol. The van der Waals surface area contributed by atoms with Gasteiger partial charge in [0, 0.05) is 31.5 Å². The van der Waals surface area contributed by atoms with Crippen LogP contribution in [0.1, 0.15) is 13.3 Å². The molecule has 1 unspecified atom stereocenters. The van der Waals surface area contributed by atoms with Crippen molar-refractivity contribution in [2.75, 3.05) is 23.4 Å². The fraction of sp³-hybridized carbons (Fsp3) is 0.583. The molecule has 2 heterocycles. The van der Waals surface area contributed by atoms with Crippen molar-refractivity contribution in [2.24, 2.45) is 7.05 Å².